The predicted molar refractivity (Wildman–Crippen MR) is 34.4 cm³/mol. The fourth-order valence-electron chi connectivity index (χ4n) is 0.335. The third-order valence-corrected chi connectivity index (χ3v) is 1.47. The van der Waals surface area contributed by atoms with E-state index in [0.29, 0.717) is 0 Å². The molecule has 0 atom stereocenters. The van der Waals surface area contributed by atoms with Crippen LogP contribution in [0.2, 0.25) is 0 Å². The summed E-state index contributed by atoms with van der Waals surface area (Å²) < 4.78 is 0. The average molecular weight is 164 g/mol. The lowest BCUT2D eigenvalue weighted by Gasteiger charge is -1.99. The molecule has 1 aliphatic rings. The Morgan fingerprint density at radius 1 is 1.44 bits per heavy atom. The molecule has 5 heteroatoms. The van der Waals surface area contributed by atoms with E-state index in [9.17, 15) is 4.79 Å². The molecule has 0 saturated heterocycles. The highest BCUT2D eigenvalue weighted by molar-refractivity contribution is 6.53. The van der Waals surface area contributed by atoms with Crippen LogP contribution in [0.4, 0.5) is 0 Å². The summed E-state index contributed by atoms with van der Waals surface area (Å²) in [5, 5.41) is 3.32. The molecule has 0 aromatic heterocycles. The van der Waals surface area contributed by atoms with Gasteiger partial charge in [-0.25, -0.2) is 0 Å². The summed E-state index contributed by atoms with van der Waals surface area (Å²) in [5.41, 5.74) is 3.12. The van der Waals surface area contributed by atoms with Crippen LogP contribution in [0.25, 0.3) is 0 Å². The smallest absolute Gasteiger partial charge is 0.264 e. The summed E-state index contributed by atoms with van der Waals surface area (Å²) in [6, 6.07) is 0. The number of carbonyl (C=O) groups is 1. The maximum absolute atomic E-state index is 10.4. The topological polar surface area (TPSA) is 43.5 Å². The first-order chi connectivity index (χ1) is 4.22. The summed E-state index contributed by atoms with van der Waals surface area (Å²) >= 11 is 10.7. The van der Waals surface area contributed by atoms with Gasteiger partial charge in [-0.3, -0.25) is 4.79 Å². The van der Waals surface area contributed by atoms with E-state index in [1.165, 1.54) is 6.21 Å². The van der Waals surface area contributed by atoms with E-state index < -0.39 is 5.91 Å². The normalized spacial score (nSPS) is 18.2. The predicted octanol–water partition coefficient (Wildman–Crippen LogP) is 0.806. The second-order valence-electron chi connectivity index (χ2n) is 1.31. The second kappa shape index (κ2) is 2.37. The third-order valence-electron chi connectivity index (χ3n) is 0.717. The molecule has 0 bridgehead atoms. The number of nitrogens with zero attached hydrogens (tertiary/aromatic N) is 2. The van der Waals surface area contributed by atoms with Gasteiger partial charge < -0.3 is 0 Å². The van der Waals surface area contributed by atoms with Gasteiger partial charge in [0.15, 0.2) is 0 Å². The van der Waals surface area contributed by atoms with Gasteiger partial charge in [0.05, 0.1) is 11.2 Å². The number of halogens is 2. The van der Waals surface area contributed by atoms with Crippen LogP contribution in [0, 0.1) is 0 Å². The zero-order valence-corrected chi connectivity index (χ0v) is 5.65. The van der Waals surface area contributed by atoms with Crippen LogP contribution in [0.15, 0.2) is 15.2 Å². The molecule has 47 valence electrons. The first kappa shape index (κ1) is 6.58. The number of hydrogen-bond acceptors (Lipinski definition) is 2. The molecule has 0 unspecified atom stereocenters. The summed E-state index contributed by atoms with van der Waals surface area (Å²) in [4.78, 5) is 10.4. The van der Waals surface area contributed by atoms with E-state index in [1.54, 1.807) is 0 Å². The first-order valence-electron chi connectivity index (χ1n) is 2.05. The van der Waals surface area contributed by atoms with Crippen LogP contribution >= 0.6 is 23.2 Å². The Bertz CT molecular complexity index is 209. The highest BCUT2D eigenvalue weighted by Crippen LogP contribution is 2.14. The van der Waals surface area contributed by atoms with Gasteiger partial charge in [-0.05, 0) is 0 Å². The summed E-state index contributed by atoms with van der Waals surface area (Å²) in [6.07, 6.45) is 1.21. The summed E-state index contributed by atoms with van der Waals surface area (Å²) in [7, 11) is 0. The van der Waals surface area contributed by atoms with Crippen LogP contribution in [0.3, 0.4) is 0 Å². The molecule has 0 aliphatic carbocycles. The van der Waals surface area contributed by atoms with Crippen molar-refractivity contribution < 1.29 is 4.79 Å². The number of carbonyl (C=O) groups excluding carboxylic acids is 1. The summed E-state index contributed by atoms with van der Waals surface area (Å²) in [5.74, 6) is -0.593. The molecular weight excluding hydrogens is 163 g/mol. The van der Waals surface area contributed by atoms with E-state index in [4.69, 9.17) is 23.2 Å². The van der Waals surface area contributed by atoms with Gasteiger partial charge >= 0.3 is 5.91 Å². The quantitative estimate of drug-likeness (QED) is 0.522. The van der Waals surface area contributed by atoms with E-state index in [-0.39, 0.29) is 10.1 Å². The largest absolute Gasteiger partial charge is 0.308 e. The third kappa shape index (κ3) is 1.23. The van der Waals surface area contributed by atoms with Crippen LogP contribution in [0.1, 0.15) is 0 Å². The molecule has 0 N–H and O–H groups in total. The molecule has 3 nitrogen and oxygen atoms in total. The lowest BCUT2D eigenvalue weighted by Crippen LogP contribution is -2.14. The molecule has 0 fully saturated rings. The van der Waals surface area contributed by atoms with E-state index >= 15 is 0 Å². The molecule has 1 heterocycles. The lowest BCUT2D eigenvalue weighted by atomic mass is 10.4. The molecule has 0 aromatic carbocycles. The van der Waals surface area contributed by atoms with Crippen molar-refractivity contribution in [1.82, 2.24) is 5.43 Å². The van der Waals surface area contributed by atoms with Gasteiger partial charge in [0.2, 0.25) is 0 Å². The van der Waals surface area contributed by atoms with Crippen LogP contribution in [-0.2, 0) is 4.79 Å². The van der Waals surface area contributed by atoms with Crippen molar-refractivity contribution in [2.45, 2.75) is 0 Å². The van der Waals surface area contributed by atoms with Crippen molar-refractivity contribution in [2.75, 3.05) is 0 Å². The SMILES string of the molecule is O=C1[N]N=CC(Cl)=C1Cl. The highest BCUT2D eigenvalue weighted by Gasteiger charge is 2.14. The van der Waals surface area contributed by atoms with Crippen molar-refractivity contribution in [2.24, 2.45) is 5.10 Å². The zero-order valence-electron chi connectivity index (χ0n) is 4.14. The van der Waals surface area contributed by atoms with Crippen molar-refractivity contribution in [3.8, 4) is 0 Å². The molecule has 1 aliphatic heterocycles. The summed E-state index contributed by atoms with van der Waals surface area (Å²) in [6.45, 7) is 0. The van der Waals surface area contributed by atoms with Crippen molar-refractivity contribution in [3.63, 3.8) is 0 Å². The van der Waals surface area contributed by atoms with Crippen LogP contribution in [0.5, 0.6) is 0 Å². The molecule has 1 amide bonds. The van der Waals surface area contributed by atoms with Crippen LogP contribution in [-0.4, -0.2) is 12.1 Å². The second-order valence-corrected chi connectivity index (χ2v) is 2.10. The first-order valence-corrected chi connectivity index (χ1v) is 2.81. The molecule has 1 radical (unpaired) electrons. The Kier molecular flexibility index (Phi) is 1.73. The minimum Gasteiger partial charge on any atom is -0.264 e. The minimum absolute atomic E-state index is 0.0772. The molecule has 9 heavy (non-hydrogen) atoms. The Hall–Kier alpha value is -0.540. The standard InChI is InChI=1S/C4HCl2N2O/c5-2-1-7-8-4(9)3(2)6/h1H. The number of hydrogen-bond donors (Lipinski definition) is 0. The Morgan fingerprint density at radius 3 is 2.56 bits per heavy atom. The Morgan fingerprint density at radius 2 is 2.11 bits per heavy atom. The minimum atomic E-state index is -0.593. The van der Waals surface area contributed by atoms with Crippen molar-refractivity contribution in [3.05, 3.63) is 10.1 Å². The van der Waals surface area contributed by atoms with Gasteiger partial charge in [0.1, 0.15) is 5.03 Å². The van der Waals surface area contributed by atoms with E-state index in [0.717, 1.165) is 0 Å². The highest BCUT2D eigenvalue weighted by atomic mass is 35.5. The maximum Gasteiger partial charge on any atom is 0.308 e. The van der Waals surface area contributed by atoms with Gasteiger partial charge in [-0.1, -0.05) is 23.2 Å². The van der Waals surface area contributed by atoms with Crippen molar-refractivity contribution >= 4 is 35.3 Å². The fraction of sp³-hybridized carbons (Fsp3) is 0. The molecule has 1 rings (SSSR count). The fourth-order valence-corrected chi connectivity index (χ4v) is 0.546. The van der Waals surface area contributed by atoms with Crippen molar-refractivity contribution in [1.29, 1.82) is 0 Å². The van der Waals surface area contributed by atoms with E-state index in [2.05, 4.69) is 10.5 Å². The Labute approximate surface area is 61.3 Å². The van der Waals surface area contributed by atoms with Crippen LogP contribution < -0.4 is 5.43 Å². The molecular formula is C4HCl2N2O. The van der Waals surface area contributed by atoms with Gasteiger partial charge in [-0.15, -0.1) is 5.43 Å². The molecule has 0 aromatic rings. The monoisotopic (exact) mass is 163 g/mol. The van der Waals surface area contributed by atoms with E-state index in [1.807, 2.05) is 0 Å². The number of rotatable bonds is 0. The zero-order chi connectivity index (χ0) is 6.85. The Balaban J connectivity index is 2.97. The number of amides is 1. The molecule has 0 saturated carbocycles. The maximum atomic E-state index is 10.4. The number of allylic oxidation sites excluding steroid dienone is 1. The lowest BCUT2D eigenvalue weighted by molar-refractivity contribution is -0.117. The van der Waals surface area contributed by atoms with Gasteiger partial charge in [0, 0.05) is 0 Å². The average Bonchev–Trinajstić information content (AvgIpc) is 1.83. The van der Waals surface area contributed by atoms with Gasteiger partial charge in [0.25, 0.3) is 0 Å². The molecule has 0 spiro atoms. The van der Waals surface area contributed by atoms with Gasteiger partial charge in [-0.2, -0.15) is 5.10 Å².